The molecule has 51 valence electrons. The third-order valence-electron chi connectivity index (χ3n) is 0.355. The number of carbonyl (C=O) groups excluding carboxylic acids is 2. The molecule has 0 aliphatic heterocycles. The molecule has 0 aliphatic rings. The van der Waals surface area contributed by atoms with E-state index in [4.69, 9.17) is 0 Å². The van der Waals surface area contributed by atoms with Gasteiger partial charge in [0.25, 0.3) is 0 Å². The van der Waals surface area contributed by atoms with E-state index >= 15 is 0 Å². The van der Waals surface area contributed by atoms with Crippen LogP contribution in [0.1, 0.15) is 0 Å². The van der Waals surface area contributed by atoms with Gasteiger partial charge in [-0.1, -0.05) is 0 Å². The molecule has 6 heteroatoms. The van der Waals surface area contributed by atoms with Crippen LogP contribution in [0.5, 0.6) is 0 Å². The molecule has 0 aliphatic carbocycles. The van der Waals surface area contributed by atoms with E-state index in [1.165, 1.54) is 0 Å². The summed E-state index contributed by atoms with van der Waals surface area (Å²) in [5.74, 6) is -3.09. The first-order valence-electron chi connectivity index (χ1n) is 1.73. The van der Waals surface area contributed by atoms with Gasteiger partial charge >= 0.3 is 17.1 Å². The molecule has 0 bridgehead atoms. The number of hydrogen-bond acceptors (Lipinski definition) is 4. The summed E-state index contributed by atoms with van der Waals surface area (Å²) in [6.45, 7) is 0. The Balaban J connectivity index is -0.000000245. The first-order valence-corrected chi connectivity index (χ1v) is 1.73. The molecule has 0 rings (SSSR count). The van der Waals surface area contributed by atoms with Crippen molar-refractivity contribution in [1.82, 2.24) is 0 Å². The summed E-state index contributed by atoms with van der Waals surface area (Å²) in [4.78, 5) is 18.8. The minimum absolute atomic E-state index is 0. The van der Waals surface area contributed by atoms with Crippen molar-refractivity contribution >= 4 is 41.5 Å². The molecule has 0 aromatic heterocycles. The molecular formula is C4H2FeNaO4. The van der Waals surface area contributed by atoms with E-state index in [1.54, 1.807) is 0 Å². The van der Waals surface area contributed by atoms with Crippen molar-refractivity contribution < 1.29 is 36.9 Å². The van der Waals surface area contributed by atoms with E-state index < -0.39 is 11.9 Å². The van der Waals surface area contributed by atoms with E-state index in [0.717, 1.165) is 0 Å². The molecule has 0 N–H and O–H groups in total. The average molecular weight is 193 g/mol. The van der Waals surface area contributed by atoms with E-state index in [9.17, 15) is 19.8 Å². The number of aliphatic carboxylic acids is 2. The number of carboxylic acids is 2. The molecule has 0 aromatic carbocycles. The van der Waals surface area contributed by atoms with Gasteiger partial charge in [0.15, 0.2) is 0 Å². The van der Waals surface area contributed by atoms with Crippen LogP contribution in [0, 0.1) is 0 Å². The SMILES string of the molecule is O=C([O-])/C=C/C(=O)[O-].[Fe+2].[Na]. The third-order valence-corrected chi connectivity index (χ3v) is 0.355. The molecule has 0 heterocycles. The Morgan fingerprint density at radius 2 is 1.20 bits per heavy atom. The van der Waals surface area contributed by atoms with Crippen LogP contribution in [-0.4, -0.2) is 41.5 Å². The van der Waals surface area contributed by atoms with E-state index in [0.29, 0.717) is 12.2 Å². The molecule has 0 aromatic rings. The van der Waals surface area contributed by atoms with Gasteiger partial charge < -0.3 is 19.8 Å². The second-order valence-electron chi connectivity index (χ2n) is 0.971. The quantitative estimate of drug-likeness (QED) is 0.339. The number of rotatable bonds is 2. The van der Waals surface area contributed by atoms with Crippen molar-refractivity contribution in [3.05, 3.63) is 12.2 Å². The molecule has 10 heavy (non-hydrogen) atoms. The summed E-state index contributed by atoms with van der Waals surface area (Å²) in [5, 5.41) is 18.8. The molecule has 0 atom stereocenters. The van der Waals surface area contributed by atoms with Gasteiger partial charge in [-0.05, 0) is 12.2 Å². The van der Waals surface area contributed by atoms with Crippen LogP contribution in [0.2, 0.25) is 0 Å². The standard InChI is InChI=1S/C4H4O4.Fe.Na/c5-3(6)1-2-4(7)8;;/h1-2H,(H,5,6)(H,7,8);;/q;+2;/p-2/b2-1+;;. The van der Waals surface area contributed by atoms with Crippen LogP contribution in [-0.2, 0) is 26.7 Å². The van der Waals surface area contributed by atoms with Crippen LogP contribution in [0.3, 0.4) is 0 Å². The zero-order valence-electron chi connectivity index (χ0n) is 5.14. The zero-order valence-corrected chi connectivity index (χ0v) is 8.25. The maximum Gasteiger partial charge on any atom is 2.00 e. The average Bonchev–Trinajstić information content (AvgIpc) is 1.61. The van der Waals surface area contributed by atoms with Gasteiger partial charge in [-0.15, -0.1) is 0 Å². The molecule has 0 spiro atoms. The summed E-state index contributed by atoms with van der Waals surface area (Å²) in [5.41, 5.74) is 0. The van der Waals surface area contributed by atoms with Gasteiger partial charge in [-0.3, -0.25) is 0 Å². The number of carbonyl (C=O) groups is 2. The normalized spacial score (nSPS) is 7.60. The maximum absolute atomic E-state index is 9.41. The van der Waals surface area contributed by atoms with Gasteiger partial charge in [0.2, 0.25) is 0 Å². The minimum atomic E-state index is -1.55. The van der Waals surface area contributed by atoms with Crippen LogP contribution in [0.25, 0.3) is 0 Å². The summed E-state index contributed by atoms with van der Waals surface area (Å²) in [6.07, 6.45) is 0.769. The Bertz CT molecular complexity index is 128. The summed E-state index contributed by atoms with van der Waals surface area (Å²) in [7, 11) is 0. The second-order valence-corrected chi connectivity index (χ2v) is 0.971. The van der Waals surface area contributed by atoms with E-state index in [-0.39, 0.29) is 46.6 Å². The van der Waals surface area contributed by atoms with Crippen molar-refractivity contribution in [3.63, 3.8) is 0 Å². The van der Waals surface area contributed by atoms with Crippen molar-refractivity contribution in [2.24, 2.45) is 0 Å². The second kappa shape index (κ2) is 9.20. The summed E-state index contributed by atoms with van der Waals surface area (Å²) < 4.78 is 0. The molecule has 0 saturated heterocycles. The van der Waals surface area contributed by atoms with Gasteiger partial charge in [0.05, 0.1) is 11.9 Å². The molecule has 0 unspecified atom stereocenters. The van der Waals surface area contributed by atoms with Gasteiger partial charge in [0, 0.05) is 29.6 Å². The zero-order chi connectivity index (χ0) is 6.57. The van der Waals surface area contributed by atoms with E-state index in [1.807, 2.05) is 0 Å². The van der Waals surface area contributed by atoms with E-state index in [2.05, 4.69) is 0 Å². The van der Waals surface area contributed by atoms with Gasteiger partial charge in [0.1, 0.15) is 0 Å². The Hall–Kier alpha value is 0.199. The molecule has 1 radical (unpaired) electrons. The van der Waals surface area contributed by atoms with Crippen molar-refractivity contribution in [2.45, 2.75) is 0 Å². The van der Waals surface area contributed by atoms with Crippen LogP contribution < -0.4 is 10.2 Å². The first kappa shape index (κ1) is 16.7. The summed E-state index contributed by atoms with van der Waals surface area (Å²) >= 11 is 0. The number of carboxylic acid groups (broad SMARTS) is 2. The van der Waals surface area contributed by atoms with Gasteiger partial charge in [-0.25, -0.2) is 0 Å². The molecule has 0 amide bonds. The molecule has 0 fully saturated rings. The van der Waals surface area contributed by atoms with Crippen LogP contribution in [0.4, 0.5) is 0 Å². The fourth-order valence-corrected chi connectivity index (χ4v) is 0.136. The monoisotopic (exact) mass is 193 g/mol. The first-order chi connectivity index (χ1) is 3.63. The molecular weight excluding hydrogens is 191 g/mol. The third kappa shape index (κ3) is 15.7. The predicted molar refractivity (Wildman–Crippen MR) is 24.9 cm³/mol. The maximum atomic E-state index is 9.41. The minimum Gasteiger partial charge on any atom is -0.545 e. The van der Waals surface area contributed by atoms with Crippen LogP contribution in [0.15, 0.2) is 12.2 Å². The Labute approximate surface area is 90.1 Å². The number of hydrogen-bond donors (Lipinski definition) is 0. The van der Waals surface area contributed by atoms with Crippen LogP contribution >= 0.6 is 0 Å². The predicted octanol–water partition coefficient (Wildman–Crippen LogP) is -3.34. The van der Waals surface area contributed by atoms with Crippen molar-refractivity contribution in [3.8, 4) is 0 Å². The van der Waals surface area contributed by atoms with Crippen molar-refractivity contribution in [2.75, 3.05) is 0 Å². The Morgan fingerprint density at radius 1 is 1.00 bits per heavy atom. The van der Waals surface area contributed by atoms with Gasteiger partial charge in [-0.2, -0.15) is 0 Å². The summed E-state index contributed by atoms with van der Waals surface area (Å²) in [6, 6.07) is 0. The van der Waals surface area contributed by atoms with Crippen molar-refractivity contribution in [1.29, 1.82) is 0 Å². The fourth-order valence-electron chi connectivity index (χ4n) is 0.136. The Morgan fingerprint density at radius 3 is 1.30 bits per heavy atom. The smallest absolute Gasteiger partial charge is 0.545 e. The largest absolute Gasteiger partial charge is 2.00 e. The fraction of sp³-hybridized carbons (Fsp3) is 0. The topological polar surface area (TPSA) is 80.3 Å². The molecule has 4 nitrogen and oxygen atoms in total. The molecule has 0 saturated carbocycles. The Kier molecular flexibility index (Phi) is 15.3.